The number of piperazine rings is 1. The van der Waals surface area contributed by atoms with Crippen LogP contribution in [0.3, 0.4) is 0 Å². The van der Waals surface area contributed by atoms with Gasteiger partial charge in [-0.25, -0.2) is 0 Å². The zero-order valence-electron chi connectivity index (χ0n) is 27.4. The molecule has 2 aliphatic heterocycles. The molecule has 1 aromatic heterocycles. The predicted molar refractivity (Wildman–Crippen MR) is 182 cm³/mol. The van der Waals surface area contributed by atoms with Crippen molar-refractivity contribution >= 4 is 17.2 Å². The number of methoxy groups -OCH3 is 1. The molecule has 0 bridgehead atoms. The number of hydrogen-bond acceptors (Lipinski definition) is 5. The largest absolute Gasteiger partial charge is 0.495 e. The summed E-state index contributed by atoms with van der Waals surface area (Å²) in [6.45, 7) is 16.1. The van der Waals surface area contributed by atoms with Gasteiger partial charge >= 0.3 is 0 Å². The molecule has 2 atom stereocenters. The third kappa shape index (κ3) is 8.71. The van der Waals surface area contributed by atoms with Crippen molar-refractivity contribution in [1.29, 1.82) is 0 Å². The molecular formula is C37H53N3O2S. The van der Waals surface area contributed by atoms with E-state index in [-0.39, 0.29) is 5.91 Å². The smallest absolute Gasteiger partial charge is 0.267 e. The molecular weight excluding hydrogens is 550 g/mol. The van der Waals surface area contributed by atoms with E-state index in [1.54, 1.807) is 7.11 Å². The lowest BCUT2D eigenvalue weighted by molar-refractivity contribution is 0.0136. The monoisotopic (exact) mass is 603 g/mol. The van der Waals surface area contributed by atoms with Gasteiger partial charge in [-0.05, 0) is 79.7 Å². The normalized spacial score (nSPS) is 19.0. The minimum absolute atomic E-state index is 0.119. The second-order valence-corrected chi connectivity index (χ2v) is 13.1. The van der Waals surface area contributed by atoms with E-state index < -0.39 is 0 Å². The summed E-state index contributed by atoms with van der Waals surface area (Å²) in [5.74, 6) is 0.817. The van der Waals surface area contributed by atoms with Crippen molar-refractivity contribution in [3.8, 4) is 5.75 Å². The second kappa shape index (κ2) is 16.4. The SMILES string of the molecule is CCC.CCc1ccc(CCc2ccc([C@H](C)N3CCN(C4CCN(C(=O)c5sccc5OC)CC4)C[C@H]3C)cc2)cc1. The van der Waals surface area contributed by atoms with Gasteiger partial charge in [0.15, 0.2) is 0 Å². The Balaban J connectivity index is 0.00000135. The Labute approximate surface area is 264 Å². The Morgan fingerprint density at radius 2 is 1.47 bits per heavy atom. The van der Waals surface area contributed by atoms with E-state index >= 15 is 0 Å². The van der Waals surface area contributed by atoms with Crippen LogP contribution in [-0.2, 0) is 19.3 Å². The van der Waals surface area contributed by atoms with Crippen molar-refractivity contribution in [2.45, 2.75) is 91.3 Å². The first-order chi connectivity index (χ1) is 20.9. The molecule has 0 radical (unpaired) electrons. The number of likely N-dealkylation sites (tertiary alicyclic amines) is 1. The summed E-state index contributed by atoms with van der Waals surface area (Å²) in [6.07, 6.45) is 6.62. The number of ether oxygens (including phenoxy) is 1. The first kappa shape index (κ1) is 33.2. The molecule has 0 spiro atoms. The molecule has 6 heteroatoms. The highest BCUT2D eigenvalue weighted by molar-refractivity contribution is 7.12. The Morgan fingerprint density at radius 1 is 0.884 bits per heavy atom. The number of thiophene rings is 1. The molecule has 43 heavy (non-hydrogen) atoms. The van der Waals surface area contributed by atoms with Crippen molar-refractivity contribution in [2.75, 3.05) is 39.8 Å². The number of hydrogen-bond donors (Lipinski definition) is 0. The van der Waals surface area contributed by atoms with Gasteiger partial charge in [0, 0.05) is 50.8 Å². The lowest BCUT2D eigenvalue weighted by Gasteiger charge is -2.47. The fourth-order valence-electron chi connectivity index (χ4n) is 6.48. The molecule has 1 amide bonds. The number of piperidine rings is 1. The summed E-state index contributed by atoms with van der Waals surface area (Å²) in [6, 6.07) is 21.8. The van der Waals surface area contributed by atoms with Crippen LogP contribution in [0.1, 0.15) is 91.8 Å². The maximum absolute atomic E-state index is 13.0. The molecule has 3 aromatic rings. The first-order valence-electron chi connectivity index (χ1n) is 16.5. The average molecular weight is 604 g/mol. The number of nitrogens with zero attached hydrogens (tertiary/aromatic N) is 3. The minimum Gasteiger partial charge on any atom is -0.495 e. The Bertz CT molecular complexity index is 1250. The molecule has 3 heterocycles. The highest BCUT2D eigenvalue weighted by Crippen LogP contribution is 2.30. The highest BCUT2D eigenvalue weighted by Gasteiger charge is 2.34. The van der Waals surface area contributed by atoms with Crippen molar-refractivity contribution in [2.24, 2.45) is 0 Å². The van der Waals surface area contributed by atoms with Gasteiger partial charge < -0.3 is 9.64 Å². The van der Waals surface area contributed by atoms with E-state index in [1.807, 2.05) is 16.3 Å². The summed E-state index contributed by atoms with van der Waals surface area (Å²) in [5, 5.41) is 1.93. The molecule has 0 aliphatic carbocycles. The number of carbonyl (C=O) groups excluding carboxylic acids is 1. The van der Waals surface area contributed by atoms with E-state index in [9.17, 15) is 4.79 Å². The van der Waals surface area contributed by atoms with Gasteiger partial charge in [-0.1, -0.05) is 75.7 Å². The van der Waals surface area contributed by atoms with E-state index in [0.29, 0.717) is 23.9 Å². The van der Waals surface area contributed by atoms with Crippen molar-refractivity contribution < 1.29 is 9.53 Å². The average Bonchev–Trinajstić information content (AvgIpc) is 3.53. The maximum Gasteiger partial charge on any atom is 0.267 e. The number of rotatable bonds is 9. The van der Waals surface area contributed by atoms with Crippen LogP contribution in [-0.4, -0.2) is 72.5 Å². The molecule has 2 aliphatic rings. The number of benzene rings is 2. The molecule has 2 fully saturated rings. The van der Waals surface area contributed by atoms with Crippen LogP contribution >= 0.6 is 11.3 Å². The molecule has 5 rings (SSSR count). The molecule has 0 saturated carbocycles. The van der Waals surface area contributed by atoms with Crippen LogP contribution in [0.2, 0.25) is 0 Å². The van der Waals surface area contributed by atoms with Gasteiger partial charge in [0.1, 0.15) is 10.6 Å². The van der Waals surface area contributed by atoms with Gasteiger partial charge in [0.2, 0.25) is 0 Å². The van der Waals surface area contributed by atoms with Crippen molar-refractivity contribution in [3.05, 3.63) is 87.1 Å². The van der Waals surface area contributed by atoms with Crippen LogP contribution in [0.4, 0.5) is 0 Å². The van der Waals surface area contributed by atoms with E-state index in [0.717, 1.165) is 69.7 Å². The van der Waals surface area contributed by atoms with Gasteiger partial charge in [-0.3, -0.25) is 14.6 Å². The second-order valence-electron chi connectivity index (χ2n) is 12.2. The Kier molecular flexibility index (Phi) is 12.7. The zero-order chi connectivity index (χ0) is 30.8. The lowest BCUT2D eigenvalue weighted by Crippen LogP contribution is -2.57. The van der Waals surface area contributed by atoms with Crippen LogP contribution in [0.25, 0.3) is 0 Å². The molecule has 234 valence electrons. The summed E-state index contributed by atoms with van der Waals surface area (Å²) in [5.41, 5.74) is 5.65. The minimum atomic E-state index is 0.119. The summed E-state index contributed by atoms with van der Waals surface area (Å²) >= 11 is 1.48. The number of carbonyl (C=O) groups is 1. The third-order valence-corrected chi connectivity index (χ3v) is 10.00. The summed E-state index contributed by atoms with van der Waals surface area (Å²) < 4.78 is 5.38. The van der Waals surface area contributed by atoms with Crippen LogP contribution in [0.15, 0.2) is 60.0 Å². The van der Waals surface area contributed by atoms with E-state index in [2.05, 4.69) is 92.9 Å². The molecule has 0 N–H and O–H groups in total. The zero-order valence-corrected chi connectivity index (χ0v) is 28.2. The predicted octanol–water partition coefficient (Wildman–Crippen LogP) is 7.89. The third-order valence-electron chi connectivity index (χ3n) is 9.11. The fourth-order valence-corrected chi connectivity index (χ4v) is 7.31. The fraction of sp³-hybridized carbons (Fsp3) is 0.541. The molecule has 2 saturated heterocycles. The van der Waals surface area contributed by atoms with Crippen LogP contribution in [0.5, 0.6) is 5.75 Å². The standard InChI is InChI=1S/C34H45N3O2S.C3H8/c1-5-27-6-8-28(9-7-27)10-11-29-12-14-30(15-13-29)26(3)37-22-21-36(24-25(37)2)31-16-19-35(20-17-31)34(38)33-32(39-4)18-23-40-33;1-3-2/h6-9,12-15,18,23,25-26,31H,5,10-11,16-17,19-22,24H2,1-4H3;3H2,1-2H3/t25-,26+;/m1./s1. The van der Waals surface area contributed by atoms with Gasteiger partial charge in [0.25, 0.3) is 5.91 Å². The Morgan fingerprint density at radius 3 is 2.02 bits per heavy atom. The molecule has 5 nitrogen and oxygen atoms in total. The van der Waals surface area contributed by atoms with E-state index in [1.165, 1.54) is 40.0 Å². The molecule has 2 aromatic carbocycles. The van der Waals surface area contributed by atoms with E-state index in [4.69, 9.17) is 4.74 Å². The first-order valence-corrected chi connectivity index (χ1v) is 17.3. The van der Waals surface area contributed by atoms with Crippen LogP contribution in [0, 0.1) is 0 Å². The van der Waals surface area contributed by atoms with Gasteiger partial charge in [-0.2, -0.15) is 0 Å². The molecule has 0 unspecified atom stereocenters. The highest BCUT2D eigenvalue weighted by atomic mass is 32.1. The Hall–Kier alpha value is -2.67. The van der Waals surface area contributed by atoms with Gasteiger partial charge in [0.05, 0.1) is 7.11 Å². The van der Waals surface area contributed by atoms with Gasteiger partial charge in [-0.15, -0.1) is 11.3 Å². The maximum atomic E-state index is 13.0. The lowest BCUT2D eigenvalue weighted by atomic mass is 9.97. The number of aryl methyl sites for hydroxylation is 3. The summed E-state index contributed by atoms with van der Waals surface area (Å²) in [4.78, 5) is 21.1. The quantitative estimate of drug-likeness (QED) is 0.249. The van der Waals surface area contributed by atoms with Crippen molar-refractivity contribution in [3.63, 3.8) is 0 Å². The van der Waals surface area contributed by atoms with Crippen LogP contribution < -0.4 is 4.74 Å². The summed E-state index contributed by atoms with van der Waals surface area (Å²) in [7, 11) is 1.64. The van der Waals surface area contributed by atoms with Crippen molar-refractivity contribution in [1.82, 2.24) is 14.7 Å². The topological polar surface area (TPSA) is 36.0 Å². The number of amides is 1.